The normalized spacial score (nSPS) is 20.2. The first-order valence-electron chi connectivity index (χ1n) is 11.2. The molecular formula is C28H27ClN2O. The van der Waals surface area contributed by atoms with E-state index in [9.17, 15) is 4.79 Å². The second kappa shape index (κ2) is 8.48. The highest BCUT2D eigenvalue weighted by Crippen LogP contribution is 2.44. The van der Waals surface area contributed by atoms with Gasteiger partial charge in [-0.2, -0.15) is 0 Å². The van der Waals surface area contributed by atoms with E-state index in [2.05, 4.69) is 60.9 Å². The van der Waals surface area contributed by atoms with Gasteiger partial charge in [-0.15, -0.1) is 0 Å². The molecule has 3 nitrogen and oxygen atoms in total. The number of anilines is 2. The van der Waals surface area contributed by atoms with Crippen molar-refractivity contribution in [2.75, 3.05) is 10.6 Å². The molecule has 1 aliphatic carbocycles. The van der Waals surface area contributed by atoms with Crippen molar-refractivity contribution in [3.63, 3.8) is 0 Å². The molecule has 5 rings (SSSR count). The Balaban J connectivity index is 1.58. The molecule has 0 aromatic heterocycles. The molecule has 1 heterocycles. The van der Waals surface area contributed by atoms with E-state index in [4.69, 9.17) is 11.6 Å². The highest BCUT2D eigenvalue weighted by atomic mass is 35.5. The van der Waals surface area contributed by atoms with Gasteiger partial charge in [0, 0.05) is 22.7 Å². The zero-order chi connectivity index (χ0) is 22.2. The zero-order valence-corrected chi connectivity index (χ0v) is 19.1. The monoisotopic (exact) mass is 442 g/mol. The van der Waals surface area contributed by atoms with Crippen molar-refractivity contribution >= 4 is 28.8 Å². The number of ketones is 1. The van der Waals surface area contributed by atoms with Crippen molar-refractivity contribution in [3.8, 4) is 0 Å². The maximum absolute atomic E-state index is 13.6. The average Bonchev–Trinajstić information content (AvgIpc) is 2.96. The largest absolute Gasteiger partial charge is 0.372 e. The topological polar surface area (TPSA) is 41.1 Å². The van der Waals surface area contributed by atoms with Crippen LogP contribution >= 0.6 is 11.6 Å². The summed E-state index contributed by atoms with van der Waals surface area (Å²) in [6, 6.07) is 24.5. The Morgan fingerprint density at radius 3 is 2.19 bits per heavy atom. The molecule has 3 aromatic rings. The Kier molecular flexibility index (Phi) is 5.52. The van der Waals surface area contributed by atoms with Crippen LogP contribution in [-0.2, 0) is 4.79 Å². The van der Waals surface area contributed by atoms with Gasteiger partial charge in [0.1, 0.15) is 0 Å². The summed E-state index contributed by atoms with van der Waals surface area (Å²) in [5, 5.41) is 7.97. The molecule has 1 aliphatic heterocycles. The third kappa shape index (κ3) is 3.93. The number of allylic oxidation sites excluding steroid dienone is 1. The van der Waals surface area contributed by atoms with E-state index in [1.54, 1.807) is 0 Å². The molecule has 3 aromatic carbocycles. The van der Waals surface area contributed by atoms with Crippen molar-refractivity contribution < 1.29 is 4.79 Å². The fraction of sp³-hybridized carbons (Fsp3) is 0.250. The molecule has 0 saturated heterocycles. The molecule has 2 aliphatic rings. The van der Waals surface area contributed by atoms with Gasteiger partial charge in [-0.25, -0.2) is 0 Å². The Morgan fingerprint density at radius 1 is 0.844 bits per heavy atom. The van der Waals surface area contributed by atoms with E-state index in [-0.39, 0.29) is 17.7 Å². The summed E-state index contributed by atoms with van der Waals surface area (Å²) >= 11 is 6.09. The molecule has 2 unspecified atom stereocenters. The molecule has 0 radical (unpaired) electrons. The number of para-hydroxylation sites is 2. The van der Waals surface area contributed by atoms with Crippen LogP contribution < -0.4 is 10.6 Å². The van der Waals surface area contributed by atoms with Crippen LogP contribution in [0.4, 0.5) is 11.4 Å². The van der Waals surface area contributed by atoms with Crippen molar-refractivity contribution in [3.05, 3.63) is 106 Å². The number of carbonyl (C=O) groups is 1. The summed E-state index contributed by atoms with van der Waals surface area (Å²) in [5.74, 6) is 0.803. The lowest BCUT2D eigenvalue weighted by Crippen LogP contribution is -2.26. The van der Waals surface area contributed by atoms with Gasteiger partial charge in [0.15, 0.2) is 5.78 Å². The number of fused-ring (bicyclic) bond motifs is 1. The molecule has 162 valence electrons. The van der Waals surface area contributed by atoms with E-state index >= 15 is 0 Å². The number of nitrogens with one attached hydrogen (secondary N) is 2. The Hall–Kier alpha value is -3.04. The number of hydrogen-bond donors (Lipinski definition) is 2. The predicted molar refractivity (Wildman–Crippen MR) is 132 cm³/mol. The third-order valence-electron chi connectivity index (χ3n) is 6.59. The zero-order valence-electron chi connectivity index (χ0n) is 18.4. The maximum atomic E-state index is 13.6. The van der Waals surface area contributed by atoms with Gasteiger partial charge in [0.25, 0.3) is 0 Å². The van der Waals surface area contributed by atoms with Crippen LogP contribution in [0.5, 0.6) is 0 Å². The van der Waals surface area contributed by atoms with Crippen LogP contribution in [-0.4, -0.2) is 5.78 Å². The lowest BCUT2D eigenvalue weighted by Gasteiger charge is -2.30. The molecule has 2 atom stereocenters. The molecule has 0 fully saturated rings. The van der Waals surface area contributed by atoms with Crippen molar-refractivity contribution in [2.45, 2.75) is 44.6 Å². The molecule has 2 N–H and O–H groups in total. The van der Waals surface area contributed by atoms with E-state index in [0.29, 0.717) is 17.4 Å². The minimum atomic E-state index is -0.180. The van der Waals surface area contributed by atoms with E-state index in [1.165, 1.54) is 5.56 Å². The first-order chi connectivity index (χ1) is 15.5. The second-order valence-electron chi connectivity index (χ2n) is 9.04. The van der Waals surface area contributed by atoms with Crippen LogP contribution in [0.3, 0.4) is 0 Å². The molecular weight excluding hydrogens is 416 g/mol. The SMILES string of the molecule is CC(C)c1ccc(C2Nc3ccccc3NC3=C2C(=O)CC(c2ccc(Cl)cc2)C3)cc1. The number of Topliss-reactive ketones (excluding diaryl/α,β-unsaturated/α-hetero) is 1. The second-order valence-corrected chi connectivity index (χ2v) is 9.48. The predicted octanol–water partition coefficient (Wildman–Crippen LogP) is 7.44. The summed E-state index contributed by atoms with van der Waals surface area (Å²) in [7, 11) is 0. The standard InChI is InChI=1S/C28H27ClN2O/c1-17(2)18-7-9-20(10-8-18)28-27-25(30-23-5-3-4-6-24(23)31-28)15-21(16-26(27)32)19-11-13-22(29)14-12-19/h3-14,17,21,28,30-31H,15-16H2,1-2H3. The minimum absolute atomic E-state index is 0.139. The van der Waals surface area contributed by atoms with Crippen LogP contribution in [0, 0.1) is 0 Å². The van der Waals surface area contributed by atoms with Gasteiger partial charge in [0.2, 0.25) is 0 Å². The number of carbonyl (C=O) groups excluding carboxylic acids is 1. The van der Waals surface area contributed by atoms with Gasteiger partial charge >= 0.3 is 0 Å². The van der Waals surface area contributed by atoms with E-state index < -0.39 is 0 Å². The summed E-state index contributed by atoms with van der Waals surface area (Å²) < 4.78 is 0. The fourth-order valence-corrected chi connectivity index (χ4v) is 4.91. The summed E-state index contributed by atoms with van der Waals surface area (Å²) in [6.45, 7) is 4.39. The molecule has 0 saturated carbocycles. The number of halogens is 1. The fourth-order valence-electron chi connectivity index (χ4n) is 4.79. The quantitative estimate of drug-likeness (QED) is 0.442. The van der Waals surface area contributed by atoms with Crippen LogP contribution in [0.25, 0.3) is 0 Å². The van der Waals surface area contributed by atoms with E-state index in [0.717, 1.165) is 40.2 Å². The first kappa shape index (κ1) is 20.8. The highest BCUT2D eigenvalue weighted by molar-refractivity contribution is 6.30. The Morgan fingerprint density at radius 2 is 1.50 bits per heavy atom. The van der Waals surface area contributed by atoms with Gasteiger partial charge in [-0.05, 0) is 59.2 Å². The number of benzene rings is 3. The average molecular weight is 443 g/mol. The smallest absolute Gasteiger partial charge is 0.163 e. The number of rotatable bonds is 3. The Labute approximate surface area is 194 Å². The minimum Gasteiger partial charge on any atom is -0.372 e. The van der Waals surface area contributed by atoms with Crippen LogP contribution in [0.1, 0.15) is 61.3 Å². The first-order valence-corrected chi connectivity index (χ1v) is 11.6. The van der Waals surface area contributed by atoms with Crippen LogP contribution in [0.2, 0.25) is 5.02 Å². The van der Waals surface area contributed by atoms with Gasteiger partial charge < -0.3 is 10.6 Å². The molecule has 0 bridgehead atoms. The number of hydrogen-bond acceptors (Lipinski definition) is 3. The maximum Gasteiger partial charge on any atom is 0.163 e. The van der Waals surface area contributed by atoms with Gasteiger partial charge in [-0.3, -0.25) is 4.79 Å². The summed E-state index contributed by atoms with van der Waals surface area (Å²) in [4.78, 5) is 13.6. The van der Waals surface area contributed by atoms with Gasteiger partial charge in [-0.1, -0.05) is 74.0 Å². The molecule has 32 heavy (non-hydrogen) atoms. The van der Waals surface area contributed by atoms with Crippen molar-refractivity contribution in [1.82, 2.24) is 0 Å². The third-order valence-corrected chi connectivity index (χ3v) is 6.84. The molecule has 0 amide bonds. The lowest BCUT2D eigenvalue weighted by atomic mass is 9.78. The van der Waals surface area contributed by atoms with Crippen molar-refractivity contribution in [2.24, 2.45) is 0 Å². The molecule has 4 heteroatoms. The highest BCUT2D eigenvalue weighted by Gasteiger charge is 2.36. The van der Waals surface area contributed by atoms with Crippen LogP contribution in [0.15, 0.2) is 84.1 Å². The van der Waals surface area contributed by atoms with Gasteiger partial charge in [0.05, 0.1) is 17.4 Å². The summed E-state index contributed by atoms with van der Waals surface area (Å²) in [6.07, 6.45) is 1.29. The Bertz CT molecular complexity index is 1180. The van der Waals surface area contributed by atoms with Crippen molar-refractivity contribution in [1.29, 1.82) is 0 Å². The summed E-state index contributed by atoms with van der Waals surface area (Å²) in [5.41, 5.74) is 7.44. The van der Waals surface area contributed by atoms with E-state index in [1.807, 2.05) is 36.4 Å². The lowest BCUT2D eigenvalue weighted by molar-refractivity contribution is -0.116. The molecule has 0 spiro atoms.